The largest absolute Gasteiger partial charge is 0.451 e. The lowest BCUT2D eigenvalue weighted by molar-refractivity contribution is 0.0814. The van der Waals surface area contributed by atoms with Gasteiger partial charge in [-0.2, -0.15) is 0 Å². The van der Waals surface area contributed by atoms with E-state index in [0.717, 1.165) is 38.9 Å². The molecule has 1 aromatic heterocycles. The van der Waals surface area contributed by atoms with E-state index < -0.39 is 0 Å². The van der Waals surface area contributed by atoms with E-state index in [9.17, 15) is 14.3 Å². The van der Waals surface area contributed by atoms with Gasteiger partial charge in [0.25, 0.3) is 5.91 Å². The van der Waals surface area contributed by atoms with Crippen molar-refractivity contribution < 1.29 is 18.7 Å². The number of nitrogens with zero attached hydrogens (tertiary/aromatic N) is 1. The highest BCUT2D eigenvalue weighted by molar-refractivity contribution is 5.96. The maximum atomic E-state index is 13.1. The summed E-state index contributed by atoms with van der Waals surface area (Å²) in [5.74, 6) is -0.431. The number of rotatable bonds is 5. The Morgan fingerprint density at radius 1 is 1.35 bits per heavy atom. The van der Waals surface area contributed by atoms with Crippen LogP contribution in [-0.2, 0) is 0 Å². The molecule has 6 heteroatoms. The Morgan fingerprint density at radius 3 is 2.91 bits per heavy atom. The number of carbonyl (C=O) groups is 1. The number of furan rings is 1. The molecule has 124 valence electrons. The lowest BCUT2D eigenvalue weighted by Crippen LogP contribution is -2.37. The molecule has 0 atom stereocenters. The molecule has 1 amide bonds. The molecule has 0 spiro atoms. The summed E-state index contributed by atoms with van der Waals surface area (Å²) in [6.45, 7) is 3.27. The lowest BCUT2D eigenvalue weighted by Gasteiger charge is -2.29. The summed E-state index contributed by atoms with van der Waals surface area (Å²) in [5.41, 5.74) is 0.503. The van der Waals surface area contributed by atoms with Gasteiger partial charge in [-0.1, -0.05) is 0 Å². The number of nitrogens with one attached hydrogen (secondary N) is 1. The van der Waals surface area contributed by atoms with E-state index in [1.807, 2.05) is 0 Å². The Balaban J connectivity index is 1.45. The minimum Gasteiger partial charge on any atom is -0.451 e. The number of carbonyl (C=O) groups excluding carboxylic acids is 1. The van der Waals surface area contributed by atoms with Gasteiger partial charge in [-0.3, -0.25) is 4.79 Å². The molecule has 0 unspecified atom stereocenters. The first-order valence-electron chi connectivity index (χ1n) is 7.99. The summed E-state index contributed by atoms with van der Waals surface area (Å²) in [5, 5.41) is 12.9. The molecule has 23 heavy (non-hydrogen) atoms. The normalized spacial score (nSPS) is 16.8. The Hall–Kier alpha value is -1.92. The monoisotopic (exact) mass is 320 g/mol. The van der Waals surface area contributed by atoms with E-state index in [2.05, 4.69) is 10.2 Å². The molecular formula is C17H21FN2O3. The van der Waals surface area contributed by atoms with Gasteiger partial charge < -0.3 is 19.7 Å². The number of aliphatic hydroxyl groups is 1. The number of hydrogen-bond acceptors (Lipinski definition) is 4. The molecule has 0 radical (unpaired) electrons. The van der Waals surface area contributed by atoms with Crippen LogP contribution in [0.2, 0.25) is 0 Å². The quantitative estimate of drug-likeness (QED) is 0.829. The molecule has 3 rings (SSSR count). The summed E-state index contributed by atoms with van der Waals surface area (Å²) in [6.07, 6.45) is 2.32. The van der Waals surface area contributed by atoms with Crippen molar-refractivity contribution in [3.05, 3.63) is 35.8 Å². The van der Waals surface area contributed by atoms with Gasteiger partial charge in [-0.25, -0.2) is 4.39 Å². The topological polar surface area (TPSA) is 65.7 Å². The van der Waals surface area contributed by atoms with Crippen LogP contribution in [0.1, 0.15) is 29.8 Å². The molecule has 1 aliphatic rings. The predicted molar refractivity (Wildman–Crippen MR) is 84.8 cm³/mol. The van der Waals surface area contributed by atoms with Crippen molar-refractivity contribution in [2.75, 3.05) is 26.2 Å². The van der Waals surface area contributed by atoms with Crippen LogP contribution in [0.4, 0.5) is 4.39 Å². The van der Waals surface area contributed by atoms with E-state index >= 15 is 0 Å². The Bertz CT molecular complexity index is 678. The summed E-state index contributed by atoms with van der Waals surface area (Å²) in [7, 11) is 0. The minimum atomic E-state index is -0.350. The average Bonchev–Trinajstić information content (AvgIpc) is 2.96. The van der Waals surface area contributed by atoms with E-state index in [0.29, 0.717) is 17.5 Å². The van der Waals surface area contributed by atoms with Gasteiger partial charge in [0.05, 0.1) is 6.10 Å². The lowest BCUT2D eigenvalue weighted by atomic mass is 10.1. The van der Waals surface area contributed by atoms with Crippen molar-refractivity contribution in [3.63, 3.8) is 0 Å². The van der Waals surface area contributed by atoms with Gasteiger partial charge in [-0.15, -0.1) is 0 Å². The Morgan fingerprint density at radius 2 is 2.13 bits per heavy atom. The molecular weight excluding hydrogens is 299 g/mol. The maximum Gasteiger partial charge on any atom is 0.287 e. The van der Waals surface area contributed by atoms with Crippen LogP contribution in [0.5, 0.6) is 0 Å². The van der Waals surface area contributed by atoms with Gasteiger partial charge in [0.1, 0.15) is 11.4 Å². The highest BCUT2D eigenvalue weighted by Crippen LogP contribution is 2.20. The van der Waals surface area contributed by atoms with Crippen molar-refractivity contribution in [1.82, 2.24) is 10.2 Å². The van der Waals surface area contributed by atoms with Gasteiger partial charge >= 0.3 is 0 Å². The molecule has 1 saturated heterocycles. The molecule has 0 aliphatic carbocycles. The van der Waals surface area contributed by atoms with Crippen LogP contribution in [0.3, 0.4) is 0 Å². The van der Waals surface area contributed by atoms with E-state index in [-0.39, 0.29) is 23.6 Å². The van der Waals surface area contributed by atoms with Crippen molar-refractivity contribution >= 4 is 16.9 Å². The predicted octanol–water partition coefficient (Wildman–Crippen LogP) is 2.15. The minimum absolute atomic E-state index is 0.163. The second-order valence-corrected chi connectivity index (χ2v) is 5.98. The second kappa shape index (κ2) is 7.10. The summed E-state index contributed by atoms with van der Waals surface area (Å²) < 4.78 is 18.6. The summed E-state index contributed by atoms with van der Waals surface area (Å²) in [4.78, 5) is 14.3. The molecule has 5 nitrogen and oxygen atoms in total. The van der Waals surface area contributed by atoms with Crippen molar-refractivity contribution in [2.24, 2.45) is 0 Å². The van der Waals surface area contributed by atoms with Crippen LogP contribution < -0.4 is 5.32 Å². The molecule has 0 bridgehead atoms. The highest BCUT2D eigenvalue weighted by Gasteiger charge is 2.16. The van der Waals surface area contributed by atoms with Crippen LogP contribution >= 0.6 is 0 Å². The Kier molecular flexibility index (Phi) is 4.93. The van der Waals surface area contributed by atoms with Gasteiger partial charge in [0, 0.05) is 25.0 Å². The summed E-state index contributed by atoms with van der Waals surface area (Å²) in [6, 6.07) is 5.73. The first-order valence-corrected chi connectivity index (χ1v) is 7.99. The molecule has 2 aromatic rings. The molecule has 1 fully saturated rings. The average molecular weight is 320 g/mol. The van der Waals surface area contributed by atoms with Gasteiger partial charge in [-0.05, 0) is 50.1 Å². The van der Waals surface area contributed by atoms with E-state index in [4.69, 9.17) is 4.42 Å². The fraction of sp³-hybridized carbons (Fsp3) is 0.471. The van der Waals surface area contributed by atoms with E-state index in [1.165, 1.54) is 18.2 Å². The Labute approximate surface area is 134 Å². The fourth-order valence-electron chi connectivity index (χ4n) is 2.86. The number of likely N-dealkylation sites (tertiary alicyclic amines) is 1. The molecule has 1 aliphatic heterocycles. The number of hydrogen-bond donors (Lipinski definition) is 2. The smallest absolute Gasteiger partial charge is 0.287 e. The van der Waals surface area contributed by atoms with Crippen molar-refractivity contribution in [1.29, 1.82) is 0 Å². The number of amides is 1. The number of piperidine rings is 1. The third-order valence-corrected chi connectivity index (χ3v) is 4.20. The number of aliphatic hydroxyl groups excluding tert-OH is 1. The zero-order valence-electron chi connectivity index (χ0n) is 12.9. The number of fused-ring (bicyclic) bond motifs is 1. The SMILES string of the molecule is O=C(NCCCN1CCC(O)CC1)c1cc2cc(F)ccc2o1. The highest BCUT2D eigenvalue weighted by atomic mass is 19.1. The number of halogens is 1. The van der Waals surface area contributed by atoms with Gasteiger partial charge in [0.2, 0.25) is 0 Å². The molecule has 2 N–H and O–H groups in total. The number of benzene rings is 1. The first kappa shape index (κ1) is 16.0. The van der Waals surface area contributed by atoms with Crippen molar-refractivity contribution in [2.45, 2.75) is 25.4 Å². The first-order chi connectivity index (χ1) is 11.1. The standard InChI is InChI=1S/C17H21FN2O3/c18-13-2-3-15-12(10-13)11-16(23-15)17(22)19-6-1-7-20-8-4-14(21)5-9-20/h2-3,10-11,14,21H,1,4-9H2,(H,19,22). The molecule has 1 aromatic carbocycles. The van der Waals surface area contributed by atoms with E-state index in [1.54, 1.807) is 6.07 Å². The summed E-state index contributed by atoms with van der Waals surface area (Å²) >= 11 is 0. The fourth-order valence-corrected chi connectivity index (χ4v) is 2.86. The third kappa shape index (κ3) is 4.09. The van der Waals surface area contributed by atoms with Crippen LogP contribution in [-0.4, -0.2) is 48.2 Å². The zero-order valence-corrected chi connectivity index (χ0v) is 12.9. The second-order valence-electron chi connectivity index (χ2n) is 5.98. The molecule has 2 heterocycles. The van der Waals surface area contributed by atoms with Crippen molar-refractivity contribution in [3.8, 4) is 0 Å². The molecule has 0 saturated carbocycles. The van der Waals surface area contributed by atoms with Crippen LogP contribution in [0, 0.1) is 5.82 Å². The maximum absolute atomic E-state index is 13.1. The van der Waals surface area contributed by atoms with Crippen LogP contribution in [0.25, 0.3) is 11.0 Å². The third-order valence-electron chi connectivity index (χ3n) is 4.20. The zero-order chi connectivity index (χ0) is 16.2. The van der Waals surface area contributed by atoms with Crippen LogP contribution in [0.15, 0.2) is 28.7 Å². The van der Waals surface area contributed by atoms with Gasteiger partial charge in [0.15, 0.2) is 5.76 Å².